The summed E-state index contributed by atoms with van der Waals surface area (Å²) in [4.78, 5) is 14.6. The van der Waals surface area contributed by atoms with Crippen LogP contribution in [0.25, 0.3) is 10.6 Å². The van der Waals surface area contributed by atoms with Crippen LogP contribution in [-0.4, -0.2) is 40.8 Å². The van der Waals surface area contributed by atoms with Crippen LogP contribution in [0.4, 0.5) is 14.9 Å². The van der Waals surface area contributed by atoms with Gasteiger partial charge in [0.25, 0.3) is 0 Å². The van der Waals surface area contributed by atoms with Crippen LogP contribution in [0.2, 0.25) is 0 Å². The average molecular weight is 455 g/mol. The van der Waals surface area contributed by atoms with Gasteiger partial charge in [-0.1, -0.05) is 36.8 Å². The first-order valence-electron chi connectivity index (χ1n) is 11.0. The monoisotopic (exact) mass is 454 g/mol. The molecule has 0 bridgehead atoms. The molecule has 168 valence electrons. The van der Waals surface area contributed by atoms with Gasteiger partial charge >= 0.3 is 6.03 Å². The van der Waals surface area contributed by atoms with Crippen molar-refractivity contribution in [3.63, 3.8) is 0 Å². The number of rotatable bonds is 7. The fourth-order valence-electron chi connectivity index (χ4n) is 3.68. The second kappa shape index (κ2) is 10.5. The Morgan fingerprint density at radius 3 is 2.81 bits per heavy atom. The fraction of sp³-hybridized carbons (Fsp3) is 0.375. The number of carbonyl (C=O) groups is 1. The van der Waals surface area contributed by atoms with E-state index in [0.29, 0.717) is 30.3 Å². The predicted molar refractivity (Wildman–Crippen MR) is 125 cm³/mol. The lowest BCUT2D eigenvalue weighted by Crippen LogP contribution is -2.41. The number of piperidine rings is 1. The Morgan fingerprint density at radius 1 is 1.22 bits per heavy atom. The molecule has 4 rings (SSSR count). The third kappa shape index (κ3) is 5.43. The zero-order valence-corrected chi connectivity index (χ0v) is 18.9. The summed E-state index contributed by atoms with van der Waals surface area (Å²) in [5.74, 6) is 0.597. The number of carbonyl (C=O) groups excluding carboxylic acids is 1. The summed E-state index contributed by atoms with van der Waals surface area (Å²) in [6.07, 6.45) is 3.92. The van der Waals surface area contributed by atoms with Crippen molar-refractivity contribution in [2.24, 2.45) is 0 Å². The van der Waals surface area contributed by atoms with Crippen molar-refractivity contribution in [1.82, 2.24) is 15.1 Å². The molecule has 2 amide bonds. The van der Waals surface area contributed by atoms with Gasteiger partial charge in [0.2, 0.25) is 0 Å². The third-order valence-electron chi connectivity index (χ3n) is 5.47. The molecule has 1 atom stereocenters. The van der Waals surface area contributed by atoms with Crippen molar-refractivity contribution in [3.05, 3.63) is 59.4 Å². The van der Waals surface area contributed by atoms with Gasteiger partial charge in [0.1, 0.15) is 16.6 Å². The molecule has 0 aliphatic carbocycles. The number of hydrogen-bond donors (Lipinski definition) is 1. The number of unbranched alkanes of at least 4 members (excludes halogenated alkanes) is 1. The summed E-state index contributed by atoms with van der Waals surface area (Å²) in [5.41, 5.74) is 1.20. The van der Waals surface area contributed by atoms with Gasteiger partial charge in [0.15, 0.2) is 5.01 Å². The topological polar surface area (TPSA) is 67.3 Å². The van der Waals surface area contributed by atoms with Gasteiger partial charge in [-0.05, 0) is 55.7 Å². The third-order valence-corrected chi connectivity index (χ3v) is 6.59. The molecule has 0 spiro atoms. The molecular weight excluding hydrogens is 427 g/mol. The highest BCUT2D eigenvalue weighted by atomic mass is 32.1. The van der Waals surface area contributed by atoms with Crippen LogP contribution >= 0.6 is 11.3 Å². The highest BCUT2D eigenvalue weighted by molar-refractivity contribution is 7.14. The van der Waals surface area contributed by atoms with Gasteiger partial charge in [0.05, 0.1) is 6.61 Å². The summed E-state index contributed by atoms with van der Waals surface area (Å²) in [6, 6.07) is 13.9. The lowest BCUT2D eigenvalue weighted by atomic mass is 9.99. The van der Waals surface area contributed by atoms with E-state index in [0.717, 1.165) is 42.1 Å². The smallest absolute Gasteiger partial charge is 0.321 e. The number of anilines is 1. The van der Waals surface area contributed by atoms with E-state index < -0.39 is 0 Å². The molecule has 2 aromatic carbocycles. The fourth-order valence-corrected chi connectivity index (χ4v) is 4.67. The number of benzene rings is 2. The molecule has 1 fully saturated rings. The Labute approximate surface area is 191 Å². The molecule has 3 aromatic rings. The van der Waals surface area contributed by atoms with Crippen LogP contribution in [0.3, 0.4) is 0 Å². The number of aromatic nitrogens is 2. The van der Waals surface area contributed by atoms with Gasteiger partial charge in [-0.2, -0.15) is 0 Å². The Bertz CT molecular complexity index is 1040. The number of likely N-dealkylation sites (tertiary alicyclic amines) is 1. The van der Waals surface area contributed by atoms with Gasteiger partial charge in [-0.15, -0.1) is 10.2 Å². The molecule has 1 aliphatic heterocycles. The van der Waals surface area contributed by atoms with E-state index in [9.17, 15) is 9.18 Å². The minimum Gasteiger partial charge on any atom is -0.494 e. The number of amides is 2. The number of hydrogen-bond acceptors (Lipinski definition) is 5. The highest BCUT2D eigenvalue weighted by Crippen LogP contribution is 2.33. The van der Waals surface area contributed by atoms with Gasteiger partial charge in [-0.3, -0.25) is 0 Å². The normalized spacial score (nSPS) is 16.1. The van der Waals surface area contributed by atoms with Gasteiger partial charge in [0, 0.05) is 30.3 Å². The molecule has 1 saturated heterocycles. The predicted octanol–water partition coefficient (Wildman–Crippen LogP) is 5.93. The number of ether oxygens (including phenoxy) is 1. The maximum atomic E-state index is 14.1. The Morgan fingerprint density at radius 2 is 2.03 bits per heavy atom. The van der Waals surface area contributed by atoms with E-state index in [-0.39, 0.29) is 17.8 Å². The molecule has 1 aliphatic rings. The molecule has 2 heterocycles. The number of halogens is 1. The molecule has 1 unspecified atom stereocenters. The van der Waals surface area contributed by atoms with E-state index >= 15 is 0 Å². The second-order valence-electron chi connectivity index (χ2n) is 7.87. The van der Waals surface area contributed by atoms with E-state index in [1.165, 1.54) is 17.4 Å². The van der Waals surface area contributed by atoms with E-state index in [4.69, 9.17) is 4.74 Å². The Kier molecular flexibility index (Phi) is 7.32. The lowest BCUT2D eigenvalue weighted by Gasteiger charge is -2.31. The van der Waals surface area contributed by atoms with Crippen molar-refractivity contribution in [2.75, 3.05) is 25.0 Å². The summed E-state index contributed by atoms with van der Waals surface area (Å²) < 4.78 is 19.7. The minimum atomic E-state index is -0.304. The van der Waals surface area contributed by atoms with Crippen molar-refractivity contribution >= 4 is 23.1 Å². The number of urea groups is 1. The SMILES string of the molecule is CCCCOc1ccc(NC(=O)N2CCCC(c3nnc(-c4ccccc4F)s3)C2)cc1. The summed E-state index contributed by atoms with van der Waals surface area (Å²) in [6.45, 7) is 4.08. The standard InChI is InChI=1S/C24H27FN4O2S/c1-2-3-15-31-19-12-10-18(11-13-19)26-24(30)29-14-6-7-17(16-29)22-27-28-23(32-22)20-8-4-5-9-21(20)25/h4-5,8-13,17H,2-3,6-7,14-16H2,1H3,(H,26,30). The Hall–Kier alpha value is -3.00. The molecule has 0 saturated carbocycles. The van der Waals surface area contributed by atoms with Crippen LogP contribution in [0.15, 0.2) is 48.5 Å². The molecule has 1 aromatic heterocycles. The van der Waals surface area contributed by atoms with Crippen LogP contribution in [-0.2, 0) is 0 Å². The highest BCUT2D eigenvalue weighted by Gasteiger charge is 2.27. The maximum Gasteiger partial charge on any atom is 0.321 e. The second-order valence-corrected chi connectivity index (χ2v) is 8.88. The van der Waals surface area contributed by atoms with E-state index in [2.05, 4.69) is 22.4 Å². The zero-order valence-electron chi connectivity index (χ0n) is 18.1. The van der Waals surface area contributed by atoms with E-state index in [1.807, 2.05) is 29.2 Å². The zero-order chi connectivity index (χ0) is 22.3. The van der Waals surface area contributed by atoms with Crippen LogP contribution in [0, 0.1) is 5.82 Å². The first kappa shape index (κ1) is 22.2. The van der Waals surface area contributed by atoms with Gasteiger partial charge in [-0.25, -0.2) is 9.18 Å². The molecule has 6 nitrogen and oxygen atoms in total. The first-order chi connectivity index (χ1) is 15.6. The minimum absolute atomic E-state index is 0.0989. The number of nitrogens with zero attached hydrogens (tertiary/aromatic N) is 3. The summed E-state index contributed by atoms with van der Waals surface area (Å²) >= 11 is 1.40. The van der Waals surface area contributed by atoms with Gasteiger partial charge < -0.3 is 15.0 Å². The molecular formula is C24H27FN4O2S. The molecule has 1 N–H and O–H groups in total. The van der Waals surface area contributed by atoms with E-state index in [1.54, 1.807) is 18.2 Å². The lowest BCUT2D eigenvalue weighted by molar-refractivity contribution is 0.192. The molecule has 8 heteroatoms. The van der Waals surface area contributed by atoms with Crippen LogP contribution in [0.1, 0.15) is 43.5 Å². The van der Waals surface area contributed by atoms with Crippen molar-refractivity contribution in [1.29, 1.82) is 0 Å². The largest absolute Gasteiger partial charge is 0.494 e. The molecule has 32 heavy (non-hydrogen) atoms. The van der Waals surface area contributed by atoms with Crippen LogP contribution in [0.5, 0.6) is 5.75 Å². The van der Waals surface area contributed by atoms with Crippen LogP contribution < -0.4 is 10.1 Å². The average Bonchev–Trinajstić information content (AvgIpc) is 3.31. The van der Waals surface area contributed by atoms with Crippen molar-refractivity contribution in [2.45, 2.75) is 38.5 Å². The number of nitrogens with one attached hydrogen (secondary N) is 1. The molecule has 0 radical (unpaired) electrons. The first-order valence-corrected chi connectivity index (χ1v) is 11.8. The van der Waals surface area contributed by atoms with Crippen molar-refractivity contribution in [3.8, 4) is 16.3 Å². The van der Waals surface area contributed by atoms with Crippen molar-refractivity contribution < 1.29 is 13.9 Å². The maximum absolute atomic E-state index is 14.1. The summed E-state index contributed by atoms with van der Waals surface area (Å²) in [7, 11) is 0. The quantitative estimate of drug-likeness (QED) is 0.449. The summed E-state index contributed by atoms with van der Waals surface area (Å²) in [5, 5.41) is 12.9. The Balaban J connectivity index is 1.36.